The van der Waals surface area contributed by atoms with E-state index in [-0.39, 0.29) is 42.4 Å². The first-order chi connectivity index (χ1) is 20.7. The second-order valence-electron chi connectivity index (χ2n) is 13.1. The lowest BCUT2D eigenvalue weighted by Gasteiger charge is -2.33. The Labute approximate surface area is 260 Å². The van der Waals surface area contributed by atoms with Crippen molar-refractivity contribution in [3.8, 4) is 11.4 Å². The van der Waals surface area contributed by atoms with E-state index in [0.717, 1.165) is 41.7 Å². The number of nitrogens with two attached hydrogens (primary N) is 1. The highest BCUT2D eigenvalue weighted by atomic mass is 32.1. The molecule has 234 valence electrons. The van der Waals surface area contributed by atoms with Crippen LogP contribution in [0, 0.1) is 0 Å². The second kappa shape index (κ2) is 12.2. The predicted molar refractivity (Wildman–Crippen MR) is 168 cm³/mol. The molecule has 1 atom stereocenters. The third-order valence-corrected chi connectivity index (χ3v) is 8.43. The number of aromatic nitrogens is 5. The Morgan fingerprint density at radius 3 is 2.70 bits per heavy atom. The molecule has 0 saturated carbocycles. The van der Waals surface area contributed by atoms with Crippen LogP contribution in [0.4, 0.5) is 11.1 Å². The zero-order valence-corrected chi connectivity index (χ0v) is 26.9. The van der Waals surface area contributed by atoms with Crippen LogP contribution in [0.3, 0.4) is 0 Å². The third-order valence-electron chi connectivity index (χ3n) is 7.63. The Morgan fingerprint density at radius 1 is 1.23 bits per heavy atom. The summed E-state index contributed by atoms with van der Waals surface area (Å²) in [5.41, 5.74) is 9.64. The Hall–Kier alpha value is -3.97. The van der Waals surface area contributed by atoms with Crippen LogP contribution in [-0.2, 0) is 32.6 Å². The van der Waals surface area contributed by atoms with E-state index in [0.29, 0.717) is 29.5 Å². The highest BCUT2D eigenvalue weighted by molar-refractivity contribution is 7.14. The lowest BCUT2D eigenvalue weighted by Crippen LogP contribution is -2.45. The molecule has 1 aliphatic heterocycles. The average Bonchev–Trinajstić information content (AvgIpc) is 3.53. The van der Waals surface area contributed by atoms with Crippen LogP contribution >= 0.6 is 11.3 Å². The number of ether oxygens (including phenoxy) is 1. The van der Waals surface area contributed by atoms with Crippen molar-refractivity contribution in [1.29, 1.82) is 0 Å². The summed E-state index contributed by atoms with van der Waals surface area (Å²) >= 11 is 1.23. The van der Waals surface area contributed by atoms with Crippen molar-refractivity contribution >= 4 is 40.0 Å². The maximum atomic E-state index is 13.8. The summed E-state index contributed by atoms with van der Waals surface area (Å²) in [7, 11) is 0. The highest BCUT2D eigenvalue weighted by Gasteiger charge is 2.42. The molecule has 5 rings (SSSR count). The van der Waals surface area contributed by atoms with Crippen molar-refractivity contribution in [2.24, 2.45) is 0 Å². The van der Waals surface area contributed by atoms with E-state index in [1.165, 1.54) is 11.3 Å². The van der Waals surface area contributed by atoms with Crippen LogP contribution in [-0.4, -0.2) is 54.5 Å². The lowest BCUT2D eigenvalue weighted by molar-refractivity contribution is -0.122. The molecule has 4 heterocycles. The molecule has 3 aromatic rings. The number of allylic oxidation sites excluding steroid dienone is 2. The minimum Gasteiger partial charge on any atom is -0.368 e. The molecule has 0 spiro atoms. The van der Waals surface area contributed by atoms with Crippen molar-refractivity contribution in [3.63, 3.8) is 0 Å². The van der Waals surface area contributed by atoms with Gasteiger partial charge in [-0.15, -0.1) is 11.3 Å². The number of anilines is 2. The lowest BCUT2D eigenvalue weighted by atomic mass is 9.73. The van der Waals surface area contributed by atoms with Gasteiger partial charge >= 0.3 is 0 Å². The number of rotatable bonds is 9. The number of nitrogens with one attached hydrogen (secondary N) is 2. The number of hydrogen-bond acceptors (Lipinski definition) is 10. The minimum absolute atomic E-state index is 0.0145. The number of fused-ring (bicyclic) bond motifs is 3. The second-order valence-corrected chi connectivity index (χ2v) is 13.9. The molecule has 2 amide bonds. The van der Waals surface area contributed by atoms with Gasteiger partial charge in [-0.3, -0.25) is 19.7 Å². The van der Waals surface area contributed by atoms with Crippen molar-refractivity contribution in [2.45, 2.75) is 97.2 Å². The number of carbonyl (C=O) groups is 3. The predicted octanol–water partition coefficient (Wildman–Crippen LogP) is 4.53. The number of nitrogens with zero attached hydrogens (tertiary/aromatic N) is 5. The number of ketones is 1. The van der Waals surface area contributed by atoms with Crippen LogP contribution in [0.1, 0.15) is 101 Å². The summed E-state index contributed by atoms with van der Waals surface area (Å²) in [5, 5.41) is 12.7. The largest absolute Gasteiger partial charge is 0.368 e. The maximum Gasteiger partial charge on any atom is 0.278 e. The Balaban J connectivity index is 1.37. The van der Waals surface area contributed by atoms with E-state index in [4.69, 9.17) is 15.6 Å². The Morgan fingerprint density at radius 2 is 2.00 bits per heavy atom. The highest BCUT2D eigenvalue weighted by Crippen LogP contribution is 2.46. The van der Waals surface area contributed by atoms with E-state index < -0.39 is 16.9 Å². The fraction of sp³-hybridized carbons (Fsp3) is 0.516. The van der Waals surface area contributed by atoms with Gasteiger partial charge in [-0.05, 0) is 70.4 Å². The Kier molecular flexibility index (Phi) is 8.72. The van der Waals surface area contributed by atoms with Crippen LogP contribution in [0.15, 0.2) is 23.2 Å². The average molecular weight is 621 g/mol. The van der Waals surface area contributed by atoms with Crippen LogP contribution in [0.25, 0.3) is 11.4 Å². The molecular formula is C31H40N8O4S. The number of nitrogen functional groups attached to an aromatic ring is 1. The standard InChI is InChI=1S/C31H40N8O4S/c1-17(2)11-20(40)14-31(5,6)37-21(41)12-19-16-44-29(34-19)36-27(42)25-23-26(39(38-25)22-9-7-8-10-43-22)24-18(13-30(23,3)4)15-33-28(32)35-24/h11,15-16,22H,7-10,12-14H2,1-6H3,(H,37,41)(H2,32,33,35)(H,34,36,42). The summed E-state index contributed by atoms with van der Waals surface area (Å²) in [5.74, 6) is -0.556. The molecule has 3 aromatic heterocycles. The smallest absolute Gasteiger partial charge is 0.278 e. The number of thiazole rings is 1. The van der Waals surface area contributed by atoms with E-state index in [1.54, 1.807) is 22.3 Å². The molecule has 1 unspecified atom stereocenters. The molecule has 13 heteroatoms. The van der Waals surface area contributed by atoms with Gasteiger partial charge in [0.05, 0.1) is 23.5 Å². The quantitative estimate of drug-likeness (QED) is 0.291. The third kappa shape index (κ3) is 6.88. The summed E-state index contributed by atoms with van der Waals surface area (Å²) in [6.07, 6.45) is 6.53. The monoisotopic (exact) mass is 620 g/mol. The van der Waals surface area contributed by atoms with Crippen molar-refractivity contribution in [1.82, 2.24) is 30.0 Å². The van der Waals surface area contributed by atoms with E-state index in [9.17, 15) is 14.4 Å². The zero-order chi connectivity index (χ0) is 31.8. The minimum atomic E-state index is -0.714. The summed E-state index contributed by atoms with van der Waals surface area (Å²) in [6, 6.07) is 0. The zero-order valence-electron chi connectivity index (χ0n) is 26.1. The van der Waals surface area contributed by atoms with Gasteiger partial charge in [0.25, 0.3) is 5.91 Å². The van der Waals surface area contributed by atoms with Gasteiger partial charge in [0.1, 0.15) is 0 Å². The molecular weight excluding hydrogens is 580 g/mol. The number of hydrogen-bond donors (Lipinski definition) is 3. The first kappa shape index (κ1) is 31.5. The van der Waals surface area contributed by atoms with Gasteiger partial charge in [0, 0.05) is 35.7 Å². The van der Waals surface area contributed by atoms with Gasteiger partial charge < -0.3 is 15.8 Å². The normalized spacial score (nSPS) is 17.3. The van der Waals surface area contributed by atoms with Crippen LogP contribution in [0.5, 0.6) is 0 Å². The fourth-order valence-corrected chi connectivity index (χ4v) is 6.65. The molecule has 12 nitrogen and oxygen atoms in total. The first-order valence-corrected chi connectivity index (χ1v) is 15.7. The molecule has 44 heavy (non-hydrogen) atoms. The molecule has 2 aliphatic rings. The molecule has 1 aliphatic carbocycles. The van der Waals surface area contributed by atoms with E-state index in [2.05, 4.69) is 39.4 Å². The van der Waals surface area contributed by atoms with Gasteiger partial charge in [-0.1, -0.05) is 19.4 Å². The molecule has 0 aromatic carbocycles. The van der Waals surface area contributed by atoms with Gasteiger partial charge in [-0.25, -0.2) is 19.6 Å². The maximum absolute atomic E-state index is 13.8. The molecule has 1 saturated heterocycles. The van der Waals surface area contributed by atoms with Crippen LogP contribution in [0.2, 0.25) is 0 Å². The van der Waals surface area contributed by atoms with Crippen LogP contribution < -0.4 is 16.4 Å². The summed E-state index contributed by atoms with van der Waals surface area (Å²) in [4.78, 5) is 52.1. The van der Waals surface area contributed by atoms with Gasteiger partial charge in [0.15, 0.2) is 22.8 Å². The fourth-order valence-electron chi connectivity index (χ4n) is 5.95. The van der Waals surface area contributed by atoms with Crippen molar-refractivity contribution in [3.05, 3.63) is 45.7 Å². The van der Waals surface area contributed by atoms with E-state index in [1.807, 2.05) is 27.7 Å². The number of amides is 2. The van der Waals surface area contributed by atoms with E-state index >= 15 is 0 Å². The van der Waals surface area contributed by atoms with Gasteiger partial charge in [-0.2, -0.15) is 5.10 Å². The molecule has 0 bridgehead atoms. The first-order valence-electron chi connectivity index (χ1n) is 14.8. The van der Waals surface area contributed by atoms with Crippen molar-refractivity contribution < 1.29 is 19.1 Å². The summed E-state index contributed by atoms with van der Waals surface area (Å²) < 4.78 is 7.88. The summed E-state index contributed by atoms with van der Waals surface area (Å²) in [6.45, 7) is 12.1. The van der Waals surface area contributed by atoms with Gasteiger partial charge in [0.2, 0.25) is 11.9 Å². The topological polar surface area (TPSA) is 167 Å². The van der Waals surface area contributed by atoms with Crippen molar-refractivity contribution in [2.75, 3.05) is 17.7 Å². The molecule has 1 fully saturated rings. The number of carbonyl (C=O) groups excluding carboxylic acids is 3. The molecule has 0 radical (unpaired) electrons. The molecule has 4 N–H and O–H groups in total. The SMILES string of the molecule is CC(C)=CC(=O)CC(C)(C)NC(=O)Cc1csc(NC(=O)c2nn(C3CCCCO3)c3c2C(C)(C)Cc2cnc(N)nc2-3)n1. The Bertz CT molecular complexity index is 1630.